The van der Waals surface area contributed by atoms with Gasteiger partial charge in [0.15, 0.2) is 5.78 Å². The number of hydrogen-bond donors (Lipinski definition) is 1. The Bertz CT molecular complexity index is 909. The van der Waals surface area contributed by atoms with E-state index in [4.69, 9.17) is 4.74 Å². The van der Waals surface area contributed by atoms with Crippen molar-refractivity contribution in [2.75, 3.05) is 13.2 Å². The van der Waals surface area contributed by atoms with E-state index in [0.717, 1.165) is 47.4 Å². The van der Waals surface area contributed by atoms with Gasteiger partial charge in [0, 0.05) is 35.4 Å². The van der Waals surface area contributed by atoms with Crippen LogP contribution in [-0.2, 0) is 4.74 Å². The number of carbonyl (C=O) groups is 1. The van der Waals surface area contributed by atoms with E-state index in [0.29, 0.717) is 5.92 Å². The average Bonchev–Trinajstić information content (AvgIpc) is 2.97. The van der Waals surface area contributed by atoms with Crippen LogP contribution in [0.3, 0.4) is 0 Å². The topological polar surface area (TPSA) is 42.1 Å². The lowest BCUT2D eigenvalue weighted by Crippen LogP contribution is -2.07. The Kier molecular flexibility index (Phi) is 5.58. The highest BCUT2D eigenvalue weighted by Gasteiger charge is 2.23. The first-order valence-corrected chi connectivity index (χ1v) is 9.33. The second-order valence-electron chi connectivity index (χ2n) is 6.93. The molecule has 3 aromatic rings. The summed E-state index contributed by atoms with van der Waals surface area (Å²) in [6, 6.07) is 13.7. The number of carbonyl (C=O) groups excluding carboxylic acids is 1. The van der Waals surface area contributed by atoms with Crippen molar-refractivity contribution in [3.63, 3.8) is 0 Å². The minimum atomic E-state index is 0.0817. The Hall–Kier alpha value is -2.39. The van der Waals surface area contributed by atoms with Crippen LogP contribution in [0.25, 0.3) is 10.9 Å². The van der Waals surface area contributed by atoms with E-state index in [9.17, 15) is 4.79 Å². The van der Waals surface area contributed by atoms with Gasteiger partial charge < -0.3 is 9.72 Å². The first kappa shape index (κ1) is 18.4. The minimum Gasteiger partial charge on any atom is -0.382 e. The normalized spacial score (nSPS) is 12.5. The third-order valence-electron chi connectivity index (χ3n) is 5.07. The summed E-state index contributed by atoms with van der Waals surface area (Å²) in [7, 11) is 0. The Morgan fingerprint density at radius 1 is 1.12 bits per heavy atom. The number of aryl methyl sites for hydroxylation is 2. The third-order valence-corrected chi connectivity index (χ3v) is 5.07. The molecule has 0 bridgehead atoms. The van der Waals surface area contributed by atoms with Crippen molar-refractivity contribution in [3.05, 3.63) is 70.4 Å². The second-order valence-corrected chi connectivity index (χ2v) is 6.93. The Morgan fingerprint density at radius 3 is 2.54 bits per heavy atom. The van der Waals surface area contributed by atoms with Gasteiger partial charge >= 0.3 is 0 Å². The third kappa shape index (κ3) is 3.45. The molecule has 0 saturated carbocycles. The number of ether oxygens (including phenoxy) is 1. The predicted octanol–water partition coefficient (Wildman–Crippen LogP) is 5.55. The van der Waals surface area contributed by atoms with E-state index in [1.807, 2.05) is 44.2 Å². The molecule has 3 nitrogen and oxygen atoms in total. The highest BCUT2D eigenvalue weighted by Crippen LogP contribution is 2.35. The van der Waals surface area contributed by atoms with E-state index in [-0.39, 0.29) is 5.78 Å². The minimum absolute atomic E-state index is 0.0817. The second kappa shape index (κ2) is 7.88. The van der Waals surface area contributed by atoms with Gasteiger partial charge in [-0.15, -0.1) is 0 Å². The Balaban J connectivity index is 2.13. The van der Waals surface area contributed by atoms with Crippen molar-refractivity contribution in [2.24, 2.45) is 0 Å². The van der Waals surface area contributed by atoms with Crippen molar-refractivity contribution < 1.29 is 9.53 Å². The number of aromatic amines is 1. The number of rotatable bonds is 7. The highest BCUT2D eigenvalue weighted by molar-refractivity contribution is 6.18. The molecule has 1 aromatic heterocycles. The summed E-state index contributed by atoms with van der Waals surface area (Å²) >= 11 is 0. The maximum Gasteiger partial charge on any atom is 0.195 e. The summed E-state index contributed by atoms with van der Waals surface area (Å²) in [5.74, 6) is 0.404. The fraction of sp³-hybridized carbons (Fsp3) is 0.348. The lowest BCUT2D eigenvalue weighted by Gasteiger charge is -2.17. The van der Waals surface area contributed by atoms with Gasteiger partial charge in [-0.25, -0.2) is 0 Å². The standard InChI is InChI=1S/C23H27NO2/c1-5-26-14-13-16(3)20-15(2)11-12-19-22(20)21(17(4)24-19)23(25)18-9-7-6-8-10-18/h6-12,16,24H,5,13-14H2,1-4H3. The van der Waals surface area contributed by atoms with E-state index < -0.39 is 0 Å². The first-order valence-electron chi connectivity index (χ1n) is 9.33. The molecule has 0 fully saturated rings. The molecule has 0 saturated heterocycles. The molecule has 0 radical (unpaired) electrons. The van der Waals surface area contributed by atoms with Gasteiger partial charge in [-0.05, 0) is 50.3 Å². The number of benzene rings is 2. The van der Waals surface area contributed by atoms with Gasteiger partial charge in [-0.1, -0.05) is 43.3 Å². The van der Waals surface area contributed by atoms with Crippen LogP contribution in [-0.4, -0.2) is 24.0 Å². The van der Waals surface area contributed by atoms with Gasteiger partial charge in [0.05, 0.1) is 5.56 Å². The quantitative estimate of drug-likeness (QED) is 0.449. The number of fused-ring (bicyclic) bond motifs is 1. The van der Waals surface area contributed by atoms with Crippen molar-refractivity contribution in [1.82, 2.24) is 4.98 Å². The molecule has 1 unspecified atom stereocenters. The number of aromatic nitrogens is 1. The van der Waals surface area contributed by atoms with Crippen LogP contribution >= 0.6 is 0 Å². The molecule has 0 aliphatic carbocycles. The van der Waals surface area contributed by atoms with Crippen molar-refractivity contribution >= 4 is 16.7 Å². The number of hydrogen-bond acceptors (Lipinski definition) is 2. The first-order chi connectivity index (χ1) is 12.5. The van der Waals surface area contributed by atoms with Gasteiger partial charge in [0.1, 0.15) is 0 Å². The van der Waals surface area contributed by atoms with Crippen LogP contribution in [0.5, 0.6) is 0 Å². The van der Waals surface area contributed by atoms with Gasteiger partial charge in [0.25, 0.3) is 0 Å². The van der Waals surface area contributed by atoms with Crippen molar-refractivity contribution in [1.29, 1.82) is 0 Å². The molecule has 0 aliphatic heterocycles. The summed E-state index contributed by atoms with van der Waals surface area (Å²) in [6.45, 7) is 9.82. The molecule has 0 aliphatic rings. The number of nitrogens with one attached hydrogen (secondary N) is 1. The van der Waals surface area contributed by atoms with Gasteiger partial charge in [-0.2, -0.15) is 0 Å². The highest BCUT2D eigenvalue weighted by atomic mass is 16.5. The molecular weight excluding hydrogens is 322 g/mol. The van der Waals surface area contributed by atoms with E-state index in [1.165, 1.54) is 11.1 Å². The lowest BCUT2D eigenvalue weighted by atomic mass is 9.87. The van der Waals surface area contributed by atoms with Gasteiger partial charge in [0.2, 0.25) is 0 Å². The maximum absolute atomic E-state index is 13.2. The van der Waals surface area contributed by atoms with Crippen LogP contribution in [0.15, 0.2) is 42.5 Å². The summed E-state index contributed by atoms with van der Waals surface area (Å²) < 4.78 is 5.56. The molecule has 1 heterocycles. The predicted molar refractivity (Wildman–Crippen MR) is 107 cm³/mol. The monoisotopic (exact) mass is 349 g/mol. The van der Waals surface area contributed by atoms with Crippen molar-refractivity contribution in [2.45, 2.75) is 40.0 Å². The van der Waals surface area contributed by atoms with E-state index >= 15 is 0 Å². The molecule has 1 atom stereocenters. The summed E-state index contributed by atoms with van der Waals surface area (Å²) in [5, 5.41) is 1.07. The molecule has 26 heavy (non-hydrogen) atoms. The molecular formula is C23H27NO2. The maximum atomic E-state index is 13.2. The zero-order valence-corrected chi connectivity index (χ0v) is 16.1. The number of ketones is 1. The van der Waals surface area contributed by atoms with Crippen LogP contribution in [0.1, 0.15) is 58.9 Å². The smallest absolute Gasteiger partial charge is 0.195 e. The molecule has 3 heteroatoms. The van der Waals surface area contributed by atoms with Crippen LogP contribution in [0, 0.1) is 13.8 Å². The summed E-state index contributed by atoms with van der Waals surface area (Å²) in [4.78, 5) is 16.7. The molecule has 1 N–H and O–H groups in total. The molecule has 3 rings (SSSR count). The van der Waals surface area contributed by atoms with Crippen LogP contribution in [0.4, 0.5) is 0 Å². The fourth-order valence-corrected chi connectivity index (χ4v) is 3.75. The average molecular weight is 349 g/mol. The zero-order valence-electron chi connectivity index (χ0n) is 16.1. The Labute approximate surface area is 155 Å². The van der Waals surface area contributed by atoms with Crippen molar-refractivity contribution in [3.8, 4) is 0 Å². The van der Waals surface area contributed by atoms with Gasteiger partial charge in [-0.3, -0.25) is 4.79 Å². The SMILES string of the molecule is CCOCCC(C)c1c(C)ccc2[nH]c(C)c(C(=O)c3ccccc3)c12. The fourth-order valence-electron chi connectivity index (χ4n) is 3.75. The summed E-state index contributed by atoms with van der Waals surface area (Å²) in [5.41, 5.74) is 5.97. The Morgan fingerprint density at radius 2 is 1.85 bits per heavy atom. The zero-order chi connectivity index (χ0) is 18.7. The van der Waals surface area contributed by atoms with Crippen LogP contribution in [0.2, 0.25) is 0 Å². The number of H-pyrrole nitrogens is 1. The lowest BCUT2D eigenvalue weighted by molar-refractivity contribution is 0.103. The molecule has 0 amide bonds. The molecule has 136 valence electrons. The molecule has 2 aromatic carbocycles. The van der Waals surface area contributed by atoms with E-state index in [1.54, 1.807) is 0 Å². The van der Waals surface area contributed by atoms with Crippen LogP contribution < -0.4 is 0 Å². The van der Waals surface area contributed by atoms with E-state index in [2.05, 4.69) is 31.0 Å². The largest absolute Gasteiger partial charge is 0.382 e. The molecule has 0 spiro atoms. The summed E-state index contributed by atoms with van der Waals surface area (Å²) in [6.07, 6.45) is 0.941.